The lowest BCUT2D eigenvalue weighted by molar-refractivity contribution is 0.0100. The Morgan fingerprint density at radius 2 is 2.05 bits per heavy atom. The Bertz CT molecular complexity index is 1360. The van der Waals surface area contributed by atoms with Gasteiger partial charge in [-0.15, -0.1) is 6.58 Å². The maximum atomic E-state index is 15.6. The van der Waals surface area contributed by atoms with E-state index in [1.165, 1.54) is 6.07 Å². The fraction of sp³-hybridized carbons (Fsp3) is 0.633. The first-order valence-corrected chi connectivity index (χ1v) is 15.8. The number of halogens is 4. The number of amides is 1. The van der Waals surface area contributed by atoms with Crippen LogP contribution in [0.15, 0.2) is 23.2 Å². The van der Waals surface area contributed by atoms with Gasteiger partial charge in [-0.25, -0.2) is 13.6 Å². The van der Waals surface area contributed by atoms with Gasteiger partial charge in [0.15, 0.2) is 5.82 Å². The molecule has 42 heavy (non-hydrogen) atoms. The van der Waals surface area contributed by atoms with Crippen LogP contribution >= 0.6 is 27.5 Å². The third kappa shape index (κ3) is 6.06. The van der Waals surface area contributed by atoms with Gasteiger partial charge in [-0.3, -0.25) is 4.90 Å². The Morgan fingerprint density at radius 1 is 1.29 bits per heavy atom. The van der Waals surface area contributed by atoms with Crippen LogP contribution in [0.2, 0.25) is 5.02 Å². The molecule has 0 N–H and O–H groups in total. The van der Waals surface area contributed by atoms with Gasteiger partial charge in [-0.1, -0.05) is 24.6 Å². The number of aromatic nitrogens is 2. The van der Waals surface area contributed by atoms with Crippen molar-refractivity contribution in [2.24, 2.45) is 0 Å². The van der Waals surface area contributed by atoms with Crippen molar-refractivity contribution in [3.63, 3.8) is 0 Å². The van der Waals surface area contributed by atoms with Gasteiger partial charge in [0.25, 0.3) is 0 Å². The van der Waals surface area contributed by atoms with Crippen LogP contribution in [-0.4, -0.2) is 88.0 Å². The molecule has 0 saturated carbocycles. The van der Waals surface area contributed by atoms with E-state index in [4.69, 9.17) is 26.1 Å². The highest BCUT2D eigenvalue weighted by Crippen LogP contribution is 2.42. The second kappa shape index (κ2) is 12.0. The van der Waals surface area contributed by atoms with Crippen molar-refractivity contribution in [2.75, 3.05) is 37.7 Å². The smallest absolute Gasteiger partial charge is 0.410 e. The standard InChI is InChI=1S/C30H39BrClF2N5O3/c1-6-9-20-16-39(28(40)42-29(3,4)5)19(7-2)15-38(20)26-23-21(31)12-22(32)24(34)25(23)35-27(36-26)41-17-30-10-8-11-37(30)14-18(33)13-30/h6,12,18-20H,1,7-11,13-17H2,2-5H3/t18-,19-,20-,30+/m1/s1. The summed E-state index contributed by atoms with van der Waals surface area (Å²) in [7, 11) is 0. The maximum absolute atomic E-state index is 15.6. The summed E-state index contributed by atoms with van der Waals surface area (Å²) >= 11 is 9.81. The lowest BCUT2D eigenvalue weighted by Gasteiger charge is -2.47. The lowest BCUT2D eigenvalue weighted by atomic mass is 9.95. The van der Waals surface area contributed by atoms with Crippen LogP contribution in [0.4, 0.5) is 19.4 Å². The molecule has 3 aliphatic rings. The maximum Gasteiger partial charge on any atom is 0.410 e. The average Bonchev–Trinajstić information content (AvgIpc) is 3.44. The normalized spacial score (nSPS) is 26.5. The number of hydrogen-bond acceptors (Lipinski definition) is 7. The summed E-state index contributed by atoms with van der Waals surface area (Å²) in [6.45, 7) is 13.7. The number of hydrogen-bond donors (Lipinski definition) is 0. The quantitative estimate of drug-likeness (QED) is 0.234. The van der Waals surface area contributed by atoms with E-state index in [2.05, 4.69) is 37.3 Å². The first-order chi connectivity index (χ1) is 19.9. The Labute approximate surface area is 259 Å². The minimum Gasteiger partial charge on any atom is -0.461 e. The van der Waals surface area contributed by atoms with Crippen molar-refractivity contribution in [1.82, 2.24) is 19.8 Å². The van der Waals surface area contributed by atoms with Gasteiger partial charge in [0.1, 0.15) is 29.7 Å². The van der Waals surface area contributed by atoms with Crippen molar-refractivity contribution in [2.45, 2.75) is 89.2 Å². The molecule has 230 valence electrons. The van der Waals surface area contributed by atoms with Crippen LogP contribution in [-0.2, 0) is 4.74 Å². The molecule has 1 aromatic heterocycles. The first-order valence-electron chi connectivity index (χ1n) is 14.6. The molecule has 3 saturated heterocycles. The van der Waals surface area contributed by atoms with Gasteiger partial charge < -0.3 is 19.3 Å². The predicted octanol–water partition coefficient (Wildman–Crippen LogP) is 6.92. The number of fused-ring (bicyclic) bond motifs is 2. The van der Waals surface area contributed by atoms with Crippen molar-refractivity contribution in [3.8, 4) is 6.01 Å². The van der Waals surface area contributed by atoms with E-state index in [9.17, 15) is 9.18 Å². The summed E-state index contributed by atoms with van der Waals surface area (Å²) in [6, 6.07) is 1.10. The van der Waals surface area contributed by atoms with Gasteiger partial charge >= 0.3 is 12.1 Å². The molecule has 4 heterocycles. The van der Waals surface area contributed by atoms with E-state index in [1.807, 2.05) is 27.7 Å². The summed E-state index contributed by atoms with van der Waals surface area (Å²) in [4.78, 5) is 28.5. The lowest BCUT2D eigenvalue weighted by Crippen LogP contribution is -2.60. The number of benzene rings is 1. The minimum atomic E-state index is -0.902. The molecule has 2 aromatic rings. The molecule has 0 aliphatic carbocycles. The first kappa shape index (κ1) is 31.2. The molecule has 3 fully saturated rings. The zero-order valence-electron chi connectivity index (χ0n) is 24.6. The van der Waals surface area contributed by atoms with Crippen LogP contribution in [0.3, 0.4) is 0 Å². The largest absolute Gasteiger partial charge is 0.461 e. The predicted molar refractivity (Wildman–Crippen MR) is 164 cm³/mol. The summed E-state index contributed by atoms with van der Waals surface area (Å²) in [5.41, 5.74) is -1.01. The molecule has 4 atom stereocenters. The van der Waals surface area contributed by atoms with Crippen LogP contribution < -0.4 is 9.64 Å². The van der Waals surface area contributed by atoms with Crippen LogP contribution in [0, 0.1) is 5.82 Å². The number of piperazine rings is 1. The monoisotopic (exact) mass is 669 g/mol. The van der Waals surface area contributed by atoms with Gasteiger partial charge in [-0.05, 0) is 75.0 Å². The van der Waals surface area contributed by atoms with Crippen LogP contribution in [0.1, 0.15) is 59.8 Å². The van der Waals surface area contributed by atoms with Gasteiger partial charge in [0.2, 0.25) is 0 Å². The fourth-order valence-electron chi connectivity index (χ4n) is 6.58. The molecule has 1 amide bonds. The van der Waals surface area contributed by atoms with E-state index in [-0.39, 0.29) is 41.3 Å². The Morgan fingerprint density at radius 3 is 2.74 bits per heavy atom. The van der Waals surface area contributed by atoms with Crippen LogP contribution in [0.5, 0.6) is 6.01 Å². The molecule has 0 unspecified atom stereocenters. The summed E-state index contributed by atoms with van der Waals surface area (Å²) < 4.78 is 42.4. The van der Waals surface area contributed by atoms with E-state index in [0.717, 1.165) is 19.4 Å². The average molecular weight is 671 g/mol. The highest BCUT2D eigenvalue weighted by molar-refractivity contribution is 9.10. The van der Waals surface area contributed by atoms with E-state index in [1.54, 1.807) is 11.0 Å². The Hall–Kier alpha value is -2.24. The number of ether oxygens (including phenoxy) is 2. The van der Waals surface area contributed by atoms with E-state index < -0.39 is 23.1 Å². The summed E-state index contributed by atoms with van der Waals surface area (Å²) in [6.07, 6.45) is 3.93. The number of nitrogens with zero attached hydrogens (tertiary/aromatic N) is 5. The fourth-order valence-corrected chi connectivity index (χ4v) is 7.51. The van der Waals surface area contributed by atoms with E-state index in [0.29, 0.717) is 54.6 Å². The molecule has 0 spiro atoms. The van der Waals surface area contributed by atoms with Gasteiger partial charge in [-0.2, -0.15) is 9.97 Å². The van der Waals surface area contributed by atoms with Gasteiger partial charge in [0.05, 0.1) is 28.0 Å². The zero-order valence-corrected chi connectivity index (χ0v) is 27.0. The number of rotatable bonds is 7. The second-order valence-electron chi connectivity index (χ2n) is 12.6. The van der Waals surface area contributed by atoms with Gasteiger partial charge in [0, 0.05) is 30.5 Å². The molecular weight excluding hydrogens is 632 g/mol. The summed E-state index contributed by atoms with van der Waals surface area (Å²) in [5, 5.41) is 0.384. The van der Waals surface area contributed by atoms with Crippen molar-refractivity contribution in [3.05, 3.63) is 34.0 Å². The third-order valence-electron chi connectivity index (χ3n) is 8.52. The molecule has 12 heteroatoms. The number of anilines is 1. The number of carbonyl (C=O) groups excluding carboxylic acids is 1. The highest BCUT2D eigenvalue weighted by Gasteiger charge is 2.49. The highest BCUT2D eigenvalue weighted by atomic mass is 79.9. The molecule has 0 radical (unpaired) electrons. The third-order valence-corrected chi connectivity index (χ3v) is 9.42. The van der Waals surface area contributed by atoms with Crippen molar-refractivity contribution < 1.29 is 23.0 Å². The molecule has 1 aromatic carbocycles. The topological polar surface area (TPSA) is 71.0 Å². The molecule has 5 rings (SSSR count). The minimum absolute atomic E-state index is 0.00840. The molecular formula is C30H39BrClF2N5O3. The van der Waals surface area contributed by atoms with Crippen molar-refractivity contribution >= 4 is 50.3 Å². The zero-order chi connectivity index (χ0) is 30.4. The van der Waals surface area contributed by atoms with E-state index >= 15 is 4.39 Å². The number of carbonyl (C=O) groups is 1. The Kier molecular flexibility index (Phi) is 8.94. The molecule has 0 bridgehead atoms. The second-order valence-corrected chi connectivity index (χ2v) is 13.9. The summed E-state index contributed by atoms with van der Waals surface area (Å²) in [5.74, 6) is -0.199. The van der Waals surface area contributed by atoms with Crippen molar-refractivity contribution in [1.29, 1.82) is 0 Å². The molecule has 3 aliphatic heterocycles. The van der Waals surface area contributed by atoms with Crippen LogP contribution in [0.25, 0.3) is 10.9 Å². The number of alkyl halides is 1. The molecule has 8 nitrogen and oxygen atoms in total. The Balaban J connectivity index is 1.55. The SMILES string of the molecule is C=CC[C@@H]1CN(C(=O)OC(C)(C)C)[C@H](CC)CN1c1nc(OC[C@@]23CCCN2C[C@H](F)C3)nc2c(F)c(Cl)cc(Br)c12.